The van der Waals surface area contributed by atoms with Crippen molar-refractivity contribution in [2.24, 2.45) is 0 Å². The summed E-state index contributed by atoms with van der Waals surface area (Å²) >= 11 is 1.38. The van der Waals surface area contributed by atoms with E-state index >= 15 is 0 Å². The van der Waals surface area contributed by atoms with E-state index in [9.17, 15) is 18.0 Å². The Morgan fingerprint density at radius 2 is 1.82 bits per heavy atom. The van der Waals surface area contributed by atoms with E-state index in [4.69, 9.17) is 0 Å². The first-order valence-electron chi connectivity index (χ1n) is 11.9. The second-order valence-electron chi connectivity index (χ2n) is 9.23. The summed E-state index contributed by atoms with van der Waals surface area (Å²) in [4.78, 5) is 30.2. The fraction of sp³-hybridized carbons (Fsp3) is 0.652. The lowest BCUT2D eigenvalue weighted by Crippen LogP contribution is -2.49. The second-order valence-corrected chi connectivity index (χ2v) is 12.2. The second kappa shape index (κ2) is 10.3. The molecule has 1 N–H and O–H groups in total. The molecule has 182 valence electrons. The number of amides is 2. The van der Waals surface area contributed by atoms with Crippen LogP contribution in [0.3, 0.4) is 0 Å². The Labute approximate surface area is 201 Å². The minimum Gasteiger partial charge on any atom is -0.353 e. The highest BCUT2D eigenvalue weighted by Crippen LogP contribution is 2.37. The van der Waals surface area contributed by atoms with Crippen LogP contribution >= 0.6 is 11.8 Å². The average molecular weight is 495 g/mol. The molecule has 0 aliphatic carbocycles. The molecule has 3 aliphatic rings. The Bertz CT molecular complexity index is 984. The van der Waals surface area contributed by atoms with Crippen LogP contribution in [0.5, 0.6) is 0 Å². The van der Waals surface area contributed by atoms with Gasteiger partial charge in [0, 0.05) is 43.2 Å². The maximum absolute atomic E-state index is 13.0. The van der Waals surface area contributed by atoms with Gasteiger partial charge < -0.3 is 10.2 Å². The Kier molecular flexibility index (Phi) is 7.67. The van der Waals surface area contributed by atoms with Crippen molar-refractivity contribution >= 4 is 39.3 Å². The molecule has 10 heteroatoms. The lowest BCUT2D eigenvalue weighted by molar-refractivity contribution is -0.123. The number of rotatable bonds is 7. The molecule has 0 radical (unpaired) electrons. The third-order valence-electron chi connectivity index (χ3n) is 6.95. The fourth-order valence-electron chi connectivity index (χ4n) is 5.03. The summed E-state index contributed by atoms with van der Waals surface area (Å²) in [7, 11) is -3.60. The van der Waals surface area contributed by atoms with Crippen LogP contribution in [0, 0.1) is 0 Å². The van der Waals surface area contributed by atoms with E-state index in [1.165, 1.54) is 40.2 Å². The molecule has 8 nitrogen and oxygen atoms in total. The molecule has 2 saturated heterocycles. The van der Waals surface area contributed by atoms with E-state index in [1.807, 2.05) is 0 Å². The van der Waals surface area contributed by atoms with Crippen molar-refractivity contribution in [1.82, 2.24) is 14.5 Å². The molecule has 0 saturated carbocycles. The fourth-order valence-corrected chi connectivity index (χ4v) is 7.49. The summed E-state index contributed by atoms with van der Waals surface area (Å²) in [5.74, 6) is -0.177. The lowest BCUT2D eigenvalue weighted by Gasteiger charge is -2.39. The molecular formula is C23H34N4O4S2. The first kappa shape index (κ1) is 24.5. The van der Waals surface area contributed by atoms with Gasteiger partial charge in [0.15, 0.2) is 0 Å². The van der Waals surface area contributed by atoms with Crippen LogP contribution in [0.15, 0.2) is 28.0 Å². The van der Waals surface area contributed by atoms with Gasteiger partial charge in [-0.15, -0.1) is 11.8 Å². The zero-order chi connectivity index (χ0) is 23.6. The number of likely N-dealkylation sites (tertiary alicyclic amines) is 1. The number of carbonyl (C=O) groups excluding carboxylic acids is 2. The van der Waals surface area contributed by atoms with Gasteiger partial charge in [0.25, 0.3) is 0 Å². The summed E-state index contributed by atoms with van der Waals surface area (Å²) in [5, 5.41) is 2.95. The van der Waals surface area contributed by atoms with E-state index in [1.54, 1.807) is 18.2 Å². The molecule has 2 amide bonds. The van der Waals surface area contributed by atoms with E-state index in [0.717, 1.165) is 24.3 Å². The number of carbonyl (C=O) groups is 2. The van der Waals surface area contributed by atoms with Gasteiger partial charge in [-0.05, 0) is 57.7 Å². The van der Waals surface area contributed by atoms with Crippen molar-refractivity contribution < 1.29 is 18.0 Å². The average Bonchev–Trinajstić information content (AvgIpc) is 3.33. The third-order valence-corrected chi connectivity index (χ3v) is 9.89. The first-order valence-corrected chi connectivity index (χ1v) is 14.3. The highest BCUT2D eigenvalue weighted by molar-refractivity contribution is 8.00. The molecule has 0 bridgehead atoms. The van der Waals surface area contributed by atoms with Crippen molar-refractivity contribution in [2.75, 3.05) is 43.4 Å². The molecule has 3 aliphatic heterocycles. The highest BCUT2D eigenvalue weighted by Gasteiger charge is 2.32. The normalized spacial score (nSPS) is 24.7. The van der Waals surface area contributed by atoms with Crippen LogP contribution < -0.4 is 10.2 Å². The zero-order valence-corrected chi connectivity index (χ0v) is 21.1. The smallest absolute Gasteiger partial charge is 0.243 e. The van der Waals surface area contributed by atoms with Crippen LogP contribution in [0.1, 0.15) is 46.0 Å². The molecule has 2 atom stereocenters. The quantitative estimate of drug-likeness (QED) is 0.626. The van der Waals surface area contributed by atoms with E-state index in [0.29, 0.717) is 37.4 Å². The van der Waals surface area contributed by atoms with Crippen molar-refractivity contribution in [3.05, 3.63) is 18.2 Å². The number of benzene rings is 1. The molecule has 4 rings (SSSR count). The zero-order valence-electron chi connectivity index (χ0n) is 19.5. The molecule has 1 aromatic rings. The van der Waals surface area contributed by atoms with Gasteiger partial charge in [0.05, 0.1) is 16.3 Å². The maximum atomic E-state index is 13.0. The Balaban J connectivity index is 1.43. The summed E-state index contributed by atoms with van der Waals surface area (Å²) in [6, 6.07) is 5.93. The van der Waals surface area contributed by atoms with Crippen LogP contribution in [-0.4, -0.2) is 80.0 Å². The topological polar surface area (TPSA) is 90.0 Å². The van der Waals surface area contributed by atoms with E-state index < -0.39 is 10.0 Å². The number of fused-ring (bicyclic) bond motifs is 1. The number of anilines is 1. The SMILES string of the molecule is CC1CCCC(C)N1CCNC(=O)CN1C(=O)CSc2ccc(S(=O)(=O)N3CCCC3)cc21. The van der Waals surface area contributed by atoms with Crippen molar-refractivity contribution in [2.45, 2.75) is 67.8 Å². The van der Waals surface area contributed by atoms with Gasteiger partial charge in [-0.3, -0.25) is 14.5 Å². The van der Waals surface area contributed by atoms with Gasteiger partial charge >= 0.3 is 0 Å². The molecule has 3 heterocycles. The van der Waals surface area contributed by atoms with Crippen LogP contribution in [0.4, 0.5) is 5.69 Å². The van der Waals surface area contributed by atoms with Crippen LogP contribution in [0.2, 0.25) is 0 Å². The predicted molar refractivity (Wildman–Crippen MR) is 130 cm³/mol. The molecule has 0 aromatic heterocycles. The van der Waals surface area contributed by atoms with Crippen molar-refractivity contribution in [3.8, 4) is 0 Å². The van der Waals surface area contributed by atoms with Gasteiger partial charge in [0.1, 0.15) is 6.54 Å². The molecular weight excluding hydrogens is 460 g/mol. The summed E-state index contributed by atoms with van der Waals surface area (Å²) in [5.41, 5.74) is 0.505. The van der Waals surface area contributed by atoms with E-state index in [2.05, 4.69) is 24.1 Å². The van der Waals surface area contributed by atoms with Crippen LogP contribution in [-0.2, 0) is 19.6 Å². The molecule has 1 aromatic carbocycles. The Morgan fingerprint density at radius 3 is 2.52 bits per heavy atom. The van der Waals surface area contributed by atoms with Gasteiger partial charge in [-0.1, -0.05) is 6.42 Å². The maximum Gasteiger partial charge on any atom is 0.243 e. The number of nitrogens with zero attached hydrogens (tertiary/aromatic N) is 3. The first-order chi connectivity index (χ1) is 15.8. The monoisotopic (exact) mass is 494 g/mol. The van der Waals surface area contributed by atoms with Crippen molar-refractivity contribution in [3.63, 3.8) is 0 Å². The number of thioether (sulfide) groups is 1. The summed E-state index contributed by atoms with van der Waals surface area (Å²) in [6.45, 7) is 6.71. The number of hydrogen-bond donors (Lipinski definition) is 1. The summed E-state index contributed by atoms with van der Waals surface area (Å²) in [6.07, 6.45) is 5.32. The lowest BCUT2D eigenvalue weighted by atomic mass is 9.98. The number of piperidine rings is 1. The standard InChI is InChI=1S/C23H34N4O4S2/c1-17-6-5-7-18(2)26(17)13-10-24-22(28)15-27-20-14-19(8-9-21(20)32-16-23(27)29)33(30,31)25-11-3-4-12-25/h8-9,14,17-18H,3-7,10-13,15-16H2,1-2H3,(H,24,28). The molecule has 33 heavy (non-hydrogen) atoms. The Morgan fingerprint density at radius 1 is 1.12 bits per heavy atom. The predicted octanol–water partition coefficient (Wildman–Crippen LogP) is 2.29. The largest absolute Gasteiger partial charge is 0.353 e. The number of hydrogen-bond acceptors (Lipinski definition) is 6. The molecule has 2 fully saturated rings. The summed E-state index contributed by atoms with van der Waals surface area (Å²) < 4.78 is 27.5. The minimum atomic E-state index is -3.60. The van der Waals surface area contributed by atoms with E-state index in [-0.39, 0.29) is 29.0 Å². The number of nitrogens with one attached hydrogen (secondary N) is 1. The number of sulfonamides is 1. The van der Waals surface area contributed by atoms with Crippen molar-refractivity contribution in [1.29, 1.82) is 0 Å². The van der Waals surface area contributed by atoms with Gasteiger partial charge in [-0.25, -0.2) is 8.42 Å². The van der Waals surface area contributed by atoms with Crippen LogP contribution in [0.25, 0.3) is 0 Å². The highest BCUT2D eigenvalue weighted by atomic mass is 32.2. The Hall–Kier alpha value is -1.62. The molecule has 0 spiro atoms. The molecule has 2 unspecified atom stereocenters. The van der Waals surface area contributed by atoms with Gasteiger partial charge in [-0.2, -0.15) is 4.31 Å². The van der Waals surface area contributed by atoms with Gasteiger partial charge in [0.2, 0.25) is 21.8 Å². The third kappa shape index (κ3) is 5.39. The minimum absolute atomic E-state index is 0.106.